The summed E-state index contributed by atoms with van der Waals surface area (Å²) in [6.07, 6.45) is -28.0. The van der Waals surface area contributed by atoms with Gasteiger partial charge in [-0.05, 0) is 0 Å². The van der Waals surface area contributed by atoms with Crippen LogP contribution in [0.2, 0.25) is 0 Å². The third kappa shape index (κ3) is 3.32. The number of rotatable bonds is 2. The van der Waals surface area contributed by atoms with Gasteiger partial charge in [-0.1, -0.05) is 0 Å². The molecule has 0 amide bonds. The van der Waals surface area contributed by atoms with Crippen LogP contribution in [0.25, 0.3) is 0 Å². The molecule has 0 saturated carbocycles. The molecule has 1 aromatic rings. The maximum atomic E-state index is 13.5. The van der Waals surface area contributed by atoms with Gasteiger partial charge in [-0.15, -0.1) is 10.2 Å². The number of nitrogens with zero attached hydrogens (tertiary/aromatic N) is 3. The lowest BCUT2D eigenvalue weighted by atomic mass is 10.00. The van der Waals surface area contributed by atoms with Gasteiger partial charge in [0.05, 0.1) is 0 Å². The first kappa shape index (κ1) is 23.0. The molecule has 0 atom stereocenters. The second-order valence-electron chi connectivity index (χ2n) is 4.58. The average Bonchev–Trinajstić information content (AvgIpc) is 2.40. The third-order valence-corrected chi connectivity index (χ3v) is 2.84. The van der Waals surface area contributed by atoms with Gasteiger partial charge in [0, 0.05) is 0 Å². The van der Waals surface area contributed by atoms with E-state index in [0.29, 0.717) is 0 Å². The summed E-state index contributed by atoms with van der Waals surface area (Å²) in [6, 6.07) is 0. The summed E-state index contributed by atoms with van der Waals surface area (Å²) in [6.45, 7) is 0. The van der Waals surface area contributed by atoms with E-state index < -0.39 is 53.5 Å². The highest BCUT2D eigenvalue weighted by atomic mass is 19.4. The molecule has 156 valence electrons. The molecule has 1 rings (SSSR count). The first-order chi connectivity index (χ1) is 11.6. The van der Waals surface area contributed by atoms with E-state index in [4.69, 9.17) is 0 Å². The van der Waals surface area contributed by atoms with E-state index in [1.807, 2.05) is 0 Å². The summed E-state index contributed by atoms with van der Waals surface area (Å²) in [5.74, 6) is -6.89. The van der Waals surface area contributed by atoms with Gasteiger partial charge in [0.2, 0.25) is 11.8 Å². The van der Waals surface area contributed by atoms with Crippen molar-refractivity contribution in [3.8, 4) is 0 Å². The zero-order valence-electron chi connectivity index (χ0n) is 11.5. The normalized spacial score (nSPS) is 15.2. The minimum absolute atomic E-state index is 1.38. The Kier molecular flexibility index (Phi) is 5.09. The summed E-state index contributed by atoms with van der Waals surface area (Å²) in [7, 11) is 0. The first-order valence-electron chi connectivity index (χ1n) is 5.68. The Labute approximate surface area is 136 Å². The monoisotopic (exact) mass is 435 g/mol. The summed E-state index contributed by atoms with van der Waals surface area (Å²) < 4.78 is 189. The van der Waals surface area contributed by atoms with Crippen molar-refractivity contribution in [2.45, 2.75) is 36.0 Å². The van der Waals surface area contributed by atoms with Crippen LogP contribution in [-0.2, 0) is 11.3 Å². The van der Waals surface area contributed by atoms with Crippen LogP contribution in [0.15, 0.2) is 0 Å². The molecule has 0 radical (unpaired) electrons. The number of alkyl halides is 14. The topological polar surface area (TPSA) is 38.7 Å². The molecular formula is C9F15N3. The number of aromatic nitrogens is 3. The summed E-state index contributed by atoms with van der Waals surface area (Å²) >= 11 is 0. The van der Waals surface area contributed by atoms with Crippen molar-refractivity contribution in [1.29, 1.82) is 0 Å². The first-order valence-corrected chi connectivity index (χ1v) is 5.68. The molecule has 0 aliphatic heterocycles. The maximum absolute atomic E-state index is 13.5. The van der Waals surface area contributed by atoms with Gasteiger partial charge in [0.15, 0.2) is 5.69 Å². The van der Waals surface area contributed by atoms with E-state index in [1.54, 1.807) is 0 Å². The van der Waals surface area contributed by atoms with E-state index in [1.165, 1.54) is 15.2 Å². The molecular weight excluding hydrogens is 435 g/mol. The largest absolute Gasteiger partial charge is 0.439 e. The van der Waals surface area contributed by atoms with Crippen LogP contribution in [0.1, 0.15) is 11.5 Å². The Morgan fingerprint density at radius 3 is 1.07 bits per heavy atom. The molecule has 0 unspecified atom stereocenters. The van der Waals surface area contributed by atoms with Gasteiger partial charge in [0.25, 0.3) is 0 Å². The van der Waals surface area contributed by atoms with Gasteiger partial charge < -0.3 is 0 Å². The van der Waals surface area contributed by atoms with E-state index in [2.05, 4.69) is 0 Å². The highest BCUT2D eigenvalue weighted by Gasteiger charge is 2.78. The lowest BCUT2D eigenvalue weighted by Gasteiger charge is -2.30. The van der Waals surface area contributed by atoms with E-state index in [-0.39, 0.29) is 0 Å². The molecule has 0 aromatic carbocycles. The van der Waals surface area contributed by atoms with E-state index >= 15 is 0 Å². The zero-order chi connectivity index (χ0) is 21.9. The number of halogens is 15. The Morgan fingerprint density at radius 2 is 0.815 bits per heavy atom. The molecule has 0 aliphatic carbocycles. The van der Waals surface area contributed by atoms with Crippen molar-refractivity contribution >= 4 is 0 Å². The van der Waals surface area contributed by atoms with Crippen LogP contribution in [0.3, 0.4) is 0 Å². The molecule has 27 heavy (non-hydrogen) atoms. The molecule has 0 fully saturated rings. The molecule has 3 nitrogen and oxygen atoms in total. The summed E-state index contributed by atoms with van der Waals surface area (Å²) in [4.78, 5) is 1.38. The minimum atomic E-state index is -7.04. The number of hydrogen-bond donors (Lipinski definition) is 0. The fraction of sp³-hybridized carbons (Fsp3) is 0.667. The predicted molar refractivity (Wildman–Crippen MR) is 49.6 cm³/mol. The molecule has 1 aromatic heterocycles. The SMILES string of the molecule is Fc1nc(C(F)(C(F)(F)F)C(F)(F)F)nnc1C(F)(C(F)(F)F)C(F)(F)F. The van der Waals surface area contributed by atoms with Crippen molar-refractivity contribution < 1.29 is 65.9 Å². The van der Waals surface area contributed by atoms with Crippen molar-refractivity contribution in [1.82, 2.24) is 15.2 Å². The predicted octanol–water partition coefficient (Wildman–Crippen LogP) is 4.59. The van der Waals surface area contributed by atoms with Gasteiger partial charge in [-0.2, -0.15) is 62.1 Å². The van der Waals surface area contributed by atoms with Gasteiger partial charge in [-0.25, -0.2) is 8.78 Å². The fourth-order valence-corrected chi connectivity index (χ4v) is 1.51. The van der Waals surface area contributed by atoms with Crippen molar-refractivity contribution in [2.24, 2.45) is 0 Å². The van der Waals surface area contributed by atoms with Crippen molar-refractivity contribution in [3.05, 3.63) is 17.5 Å². The Bertz CT molecular complexity index is 668. The number of hydrogen-bond acceptors (Lipinski definition) is 3. The lowest BCUT2D eigenvalue weighted by Crippen LogP contribution is -2.54. The second-order valence-corrected chi connectivity index (χ2v) is 4.58. The maximum Gasteiger partial charge on any atom is 0.439 e. The van der Waals surface area contributed by atoms with Gasteiger partial charge in [0.1, 0.15) is 0 Å². The summed E-state index contributed by atoms with van der Waals surface area (Å²) in [5.41, 5.74) is -16.8. The fourth-order valence-electron chi connectivity index (χ4n) is 1.51. The molecule has 0 saturated heterocycles. The quantitative estimate of drug-likeness (QED) is 0.639. The zero-order valence-corrected chi connectivity index (χ0v) is 11.5. The Balaban J connectivity index is 3.77. The van der Waals surface area contributed by atoms with E-state index in [0.717, 1.165) is 0 Å². The molecule has 1 heterocycles. The third-order valence-electron chi connectivity index (χ3n) is 2.84. The Hall–Kier alpha value is -2.04. The molecule has 18 heteroatoms. The minimum Gasteiger partial charge on any atom is -0.216 e. The standard InChI is InChI=1S/C9F15N3/c10-2-1(4(11,6(13,14)15)7(16,17)18)26-27-3(25-2)5(12,8(19,20)21)9(22,23)24. The van der Waals surface area contributed by atoms with Crippen LogP contribution in [-0.4, -0.2) is 39.9 Å². The lowest BCUT2D eigenvalue weighted by molar-refractivity contribution is -0.354. The molecule has 0 aliphatic rings. The highest BCUT2D eigenvalue weighted by Crippen LogP contribution is 2.54. The van der Waals surface area contributed by atoms with Crippen LogP contribution in [0, 0.1) is 5.95 Å². The van der Waals surface area contributed by atoms with Gasteiger partial charge >= 0.3 is 36.0 Å². The van der Waals surface area contributed by atoms with Crippen LogP contribution < -0.4 is 0 Å². The summed E-state index contributed by atoms with van der Waals surface area (Å²) in [5, 5.41) is 2.92. The van der Waals surface area contributed by atoms with Crippen molar-refractivity contribution in [3.63, 3.8) is 0 Å². The molecule has 0 spiro atoms. The molecule has 0 bridgehead atoms. The second kappa shape index (κ2) is 5.98. The van der Waals surface area contributed by atoms with Crippen LogP contribution in [0.4, 0.5) is 65.9 Å². The molecule has 0 N–H and O–H groups in total. The van der Waals surface area contributed by atoms with E-state index in [9.17, 15) is 65.9 Å². The van der Waals surface area contributed by atoms with Gasteiger partial charge in [-0.3, -0.25) is 0 Å². The average molecular weight is 435 g/mol. The smallest absolute Gasteiger partial charge is 0.216 e. The van der Waals surface area contributed by atoms with Crippen molar-refractivity contribution in [2.75, 3.05) is 0 Å². The Morgan fingerprint density at radius 1 is 0.481 bits per heavy atom. The van der Waals surface area contributed by atoms with Crippen LogP contribution >= 0.6 is 0 Å². The highest BCUT2D eigenvalue weighted by molar-refractivity contribution is 5.19. The van der Waals surface area contributed by atoms with Crippen LogP contribution in [0.5, 0.6) is 0 Å².